The van der Waals surface area contributed by atoms with Crippen LogP contribution < -0.4 is 0 Å². The van der Waals surface area contributed by atoms with Crippen LogP contribution in [0.4, 0.5) is 0 Å². The second kappa shape index (κ2) is 4.31. The number of aromatic nitrogens is 2. The molecule has 0 N–H and O–H groups in total. The highest BCUT2D eigenvalue weighted by Gasteiger charge is 2.14. The number of hydrogen-bond acceptors (Lipinski definition) is 3. The van der Waals surface area contributed by atoms with Crippen LogP contribution in [0.2, 0.25) is 0 Å². The summed E-state index contributed by atoms with van der Waals surface area (Å²) < 4.78 is 23.6. The molecule has 6 heteroatoms. The normalized spacial score (nSPS) is 11.9. The van der Waals surface area contributed by atoms with Gasteiger partial charge in [0.25, 0.3) is 0 Å². The average molecular weight is 237 g/mol. The first-order valence-electron chi connectivity index (χ1n) is 4.43. The standard InChI is InChI=1S/C8H13ClN2O2S/c1-3-8-7(6-14(9,12)13)5-10-11(8)4-2/h5H,3-4,6H2,1-2H3. The van der Waals surface area contributed by atoms with Crippen molar-refractivity contribution < 1.29 is 8.42 Å². The van der Waals surface area contributed by atoms with Gasteiger partial charge in [-0.2, -0.15) is 5.10 Å². The van der Waals surface area contributed by atoms with Crippen LogP contribution >= 0.6 is 10.7 Å². The summed E-state index contributed by atoms with van der Waals surface area (Å²) in [5.74, 6) is -0.141. The molecule has 0 fully saturated rings. The molecule has 0 aliphatic rings. The molecule has 0 aliphatic carbocycles. The SMILES string of the molecule is CCc1c(CS(=O)(=O)Cl)cnn1CC. The van der Waals surface area contributed by atoms with Gasteiger partial charge in [-0.3, -0.25) is 4.68 Å². The van der Waals surface area contributed by atoms with Crippen molar-refractivity contribution in [3.8, 4) is 0 Å². The van der Waals surface area contributed by atoms with E-state index in [-0.39, 0.29) is 5.75 Å². The zero-order chi connectivity index (χ0) is 10.8. The molecule has 0 saturated heterocycles. The molecule has 0 aliphatic heterocycles. The van der Waals surface area contributed by atoms with E-state index in [0.29, 0.717) is 5.56 Å². The first-order chi connectivity index (χ1) is 6.48. The van der Waals surface area contributed by atoms with Crippen LogP contribution in [0.5, 0.6) is 0 Å². The van der Waals surface area contributed by atoms with Crippen molar-refractivity contribution >= 4 is 19.7 Å². The van der Waals surface area contributed by atoms with E-state index in [1.54, 1.807) is 10.9 Å². The van der Waals surface area contributed by atoms with Crippen molar-refractivity contribution in [2.24, 2.45) is 0 Å². The summed E-state index contributed by atoms with van der Waals surface area (Å²) in [6.07, 6.45) is 2.33. The maximum atomic E-state index is 10.9. The maximum Gasteiger partial charge on any atom is 0.236 e. The third-order valence-corrected chi connectivity index (χ3v) is 2.98. The first kappa shape index (κ1) is 11.5. The molecule has 1 aromatic heterocycles. The molecule has 14 heavy (non-hydrogen) atoms. The number of rotatable bonds is 4. The van der Waals surface area contributed by atoms with Gasteiger partial charge in [0, 0.05) is 28.5 Å². The van der Waals surface area contributed by atoms with Gasteiger partial charge in [0.2, 0.25) is 9.05 Å². The van der Waals surface area contributed by atoms with E-state index in [1.807, 2.05) is 13.8 Å². The van der Waals surface area contributed by atoms with Crippen molar-refractivity contribution in [3.05, 3.63) is 17.5 Å². The Morgan fingerprint density at radius 1 is 1.50 bits per heavy atom. The predicted molar refractivity (Wildman–Crippen MR) is 55.8 cm³/mol. The molecule has 0 amide bonds. The van der Waals surface area contributed by atoms with E-state index in [0.717, 1.165) is 18.7 Å². The van der Waals surface area contributed by atoms with E-state index in [2.05, 4.69) is 5.10 Å². The molecule has 4 nitrogen and oxygen atoms in total. The minimum absolute atomic E-state index is 0.141. The molecule has 1 heterocycles. The molecule has 0 saturated carbocycles. The van der Waals surface area contributed by atoms with Gasteiger partial charge < -0.3 is 0 Å². The van der Waals surface area contributed by atoms with E-state index in [1.165, 1.54) is 0 Å². The fraction of sp³-hybridized carbons (Fsp3) is 0.625. The summed E-state index contributed by atoms with van der Waals surface area (Å²) in [6, 6.07) is 0. The number of halogens is 1. The van der Waals surface area contributed by atoms with Crippen LogP contribution in [-0.4, -0.2) is 18.2 Å². The van der Waals surface area contributed by atoms with Gasteiger partial charge in [0.1, 0.15) is 0 Å². The van der Waals surface area contributed by atoms with E-state index >= 15 is 0 Å². The van der Waals surface area contributed by atoms with Crippen molar-refractivity contribution in [3.63, 3.8) is 0 Å². The van der Waals surface area contributed by atoms with Crippen LogP contribution in [0.3, 0.4) is 0 Å². The third kappa shape index (κ3) is 2.72. The Morgan fingerprint density at radius 2 is 2.14 bits per heavy atom. The Morgan fingerprint density at radius 3 is 2.57 bits per heavy atom. The lowest BCUT2D eigenvalue weighted by molar-refractivity contribution is 0.607. The molecular formula is C8H13ClN2O2S. The number of hydrogen-bond donors (Lipinski definition) is 0. The highest BCUT2D eigenvalue weighted by molar-refractivity contribution is 8.13. The summed E-state index contributed by atoms with van der Waals surface area (Å²) in [4.78, 5) is 0. The zero-order valence-electron chi connectivity index (χ0n) is 8.20. The fourth-order valence-corrected chi connectivity index (χ4v) is 2.40. The number of nitrogens with zero attached hydrogens (tertiary/aromatic N) is 2. The topological polar surface area (TPSA) is 52.0 Å². The van der Waals surface area contributed by atoms with Gasteiger partial charge in [-0.1, -0.05) is 6.92 Å². The van der Waals surface area contributed by atoms with Crippen molar-refractivity contribution in [2.45, 2.75) is 32.6 Å². The average Bonchev–Trinajstić information content (AvgIpc) is 2.43. The molecular weight excluding hydrogens is 224 g/mol. The summed E-state index contributed by atoms with van der Waals surface area (Å²) in [5, 5.41) is 4.08. The molecule has 0 aromatic carbocycles. The molecule has 0 radical (unpaired) electrons. The predicted octanol–water partition coefficient (Wildman–Crippen LogP) is 1.53. The van der Waals surface area contributed by atoms with Gasteiger partial charge >= 0.3 is 0 Å². The molecule has 0 unspecified atom stereocenters. The second-order valence-electron chi connectivity index (χ2n) is 2.97. The second-order valence-corrected chi connectivity index (χ2v) is 5.75. The monoisotopic (exact) mass is 236 g/mol. The van der Waals surface area contributed by atoms with E-state index in [4.69, 9.17) is 10.7 Å². The summed E-state index contributed by atoms with van der Waals surface area (Å²) in [7, 11) is 1.70. The zero-order valence-corrected chi connectivity index (χ0v) is 9.77. The highest BCUT2D eigenvalue weighted by Crippen LogP contribution is 2.15. The summed E-state index contributed by atoms with van der Waals surface area (Å²) in [5.41, 5.74) is 1.64. The van der Waals surface area contributed by atoms with Crippen LogP contribution in [-0.2, 0) is 27.8 Å². The highest BCUT2D eigenvalue weighted by atomic mass is 35.7. The maximum absolute atomic E-state index is 10.9. The minimum Gasteiger partial charge on any atom is -0.270 e. The van der Waals surface area contributed by atoms with Crippen molar-refractivity contribution in [2.75, 3.05) is 0 Å². The van der Waals surface area contributed by atoms with Crippen LogP contribution in [0, 0.1) is 0 Å². The number of aryl methyl sites for hydroxylation is 1. The minimum atomic E-state index is -3.49. The third-order valence-electron chi connectivity index (χ3n) is 2.00. The Kier molecular flexibility index (Phi) is 3.55. The van der Waals surface area contributed by atoms with E-state index < -0.39 is 9.05 Å². The van der Waals surface area contributed by atoms with Gasteiger partial charge in [-0.15, -0.1) is 0 Å². The Balaban J connectivity index is 3.04. The van der Waals surface area contributed by atoms with E-state index in [9.17, 15) is 8.42 Å². The quantitative estimate of drug-likeness (QED) is 0.745. The molecule has 0 atom stereocenters. The first-order valence-corrected chi connectivity index (χ1v) is 6.91. The fourth-order valence-electron chi connectivity index (χ4n) is 1.44. The molecule has 0 spiro atoms. The Hall–Kier alpha value is -0.550. The van der Waals surface area contributed by atoms with Crippen molar-refractivity contribution in [1.29, 1.82) is 0 Å². The van der Waals surface area contributed by atoms with Crippen LogP contribution in [0.25, 0.3) is 0 Å². The smallest absolute Gasteiger partial charge is 0.236 e. The molecule has 80 valence electrons. The Bertz CT molecular complexity index is 411. The van der Waals surface area contributed by atoms with Gasteiger partial charge in [-0.25, -0.2) is 8.42 Å². The van der Waals surface area contributed by atoms with Gasteiger partial charge in [0.15, 0.2) is 0 Å². The lowest BCUT2D eigenvalue weighted by Crippen LogP contribution is -2.04. The molecule has 1 rings (SSSR count). The molecule has 1 aromatic rings. The largest absolute Gasteiger partial charge is 0.270 e. The van der Waals surface area contributed by atoms with Gasteiger partial charge in [0.05, 0.1) is 11.9 Å². The van der Waals surface area contributed by atoms with Crippen LogP contribution in [0.1, 0.15) is 25.1 Å². The molecule has 0 bridgehead atoms. The lowest BCUT2D eigenvalue weighted by Gasteiger charge is -2.03. The lowest BCUT2D eigenvalue weighted by atomic mass is 10.2. The van der Waals surface area contributed by atoms with Crippen LogP contribution in [0.15, 0.2) is 6.20 Å². The van der Waals surface area contributed by atoms with Gasteiger partial charge in [-0.05, 0) is 13.3 Å². The van der Waals surface area contributed by atoms with Crippen molar-refractivity contribution in [1.82, 2.24) is 9.78 Å². The summed E-state index contributed by atoms with van der Waals surface area (Å²) >= 11 is 0. The summed E-state index contributed by atoms with van der Waals surface area (Å²) in [6.45, 7) is 4.67. The Labute approximate surface area is 88.3 Å².